The molecular formula is C22H20ClN5O3. The lowest BCUT2D eigenvalue weighted by Crippen LogP contribution is -2.29. The van der Waals surface area contributed by atoms with E-state index in [1.807, 2.05) is 42.5 Å². The van der Waals surface area contributed by atoms with Crippen molar-refractivity contribution in [1.82, 2.24) is 25.1 Å². The summed E-state index contributed by atoms with van der Waals surface area (Å²) in [6.45, 7) is 0.601. The van der Waals surface area contributed by atoms with Gasteiger partial charge in [-0.3, -0.25) is 4.79 Å². The average molecular weight is 438 g/mol. The predicted octanol–water partition coefficient (Wildman–Crippen LogP) is 3.19. The molecule has 4 rings (SSSR count). The third kappa shape index (κ3) is 4.75. The molecule has 0 aliphatic heterocycles. The predicted molar refractivity (Wildman–Crippen MR) is 116 cm³/mol. The highest BCUT2D eigenvalue weighted by Crippen LogP contribution is 2.28. The number of hydrogen-bond acceptors (Lipinski definition) is 6. The van der Waals surface area contributed by atoms with Crippen LogP contribution in [0.1, 0.15) is 5.56 Å². The smallest absolute Gasteiger partial charge is 0.231 e. The molecule has 0 bridgehead atoms. The van der Waals surface area contributed by atoms with Crippen molar-refractivity contribution in [1.29, 1.82) is 0 Å². The Balaban J connectivity index is 1.38. The van der Waals surface area contributed by atoms with Crippen LogP contribution in [0.2, 0.25) is 5.02 Å². The Hall–Kier alpha value is -3.65. The molecule has 0 atom stereocenters. The molecule has 2 heterocycles. The Kier molecular flexibility index (Phi) is 6.28. The average Bonchev–Trinajstić information content (AvgIpc) is 3.21. The Labute approximate surface area is 183 Å². The first-order valence-electron chi connectivity index (χ1n) is 9.64. The second-order valence-corrected chi connectivity index (χ2v) is 7.04. The van der Waals surface area contributed by atoms with E-state index in [1.54, 1.807) is 29.8 Å². The van der Waals surface area contributed by atoms with E-state index in [0.29, 0.717) is 34.7 Å². The molecule has 2 aromatic heterocycles. The molecule has 1 N–H and O–H groups in total. The van der Waals surface area contributed by atoms with Crippen molar-refractivity contribution >= 4 is 23.2 Å². The molecule has 0 saturated heterocycles. The number of amides is 1. The molecule has 0 fully saturated rings. The van der Waals surface area contributed by atoms with E-state index in [0.717, 1.165) is 11.1 Å². The van der Waals surface area contributed by atoms with Gasteiger partial charge in [-0.2, -0.15) is 4.52 Å². The summed E-state index contributed by atoms with van der Waals surface area (Å²) in [5, 5.41) is 16.2. The lowest BCUT2D eigenvalue weighted by Gasteiger charge is -2.09. The third-order valence-corrected chi connectivity index (χ3v) is 4.94. The lowest BCUT2D eigenvalue weighted by molar-refractivity contribution is -0.120. The summed E-state index contributed by atoms with van der Waals surface area (Å²) in [5.74, 6) is 1.48. The highest BCUT2D eigenvalue weighted by molar-refractivity contribution is 6.31. The molecule has 2 aromatic carbocycles. The molecule has 158 valence electrons. The Morgan fingerprint density at radius 1 is 1.06 bits per heavy atom. The van der Waals surface area contributed by atoms with Crippen LogP contribution in [0.5, 0.6) is 11.6 Å². The van der Waals surface area contributed by atoms with Crippen LogP contribution in [0.3, 0.4) is 0 Å². The molecule has 0 aliphatic carbocycles. The van der Waals surface area contributed by atoms with E-state index < -0.39 is 0 Å². The van der Waals surface area contributed by atoms with E-state index in [1.165, 1.54) is 0 Å². The van der Waals surface area contributed by atoms with Crippen molar-refractivity contribution in [2.24, 2.45) is 0 Å². The van der Waals surface area contributed by atoms with Gasteiger partial charge in [0.2, 0.25) is 11.8 Å². The number of carbonyl (C=O) groups is 1. The van der Waals surface area contributed by atoms with Crippen LogP contribution in [-0.2, 0) is 11.2 Å². The summed E-state index contributed by atoms with van der Waals surface area (Å²) in [6, 6.07) is 18.3. The number of ether oxygens (including phenoxy) is 2. The van der Waals surface area contributed by atoms with Crippen LogP contribution < -0.4 is 14.8 Å². The van der Waals surface area contributed by atoms with Gasteiger partial charge in [-0.05, 0) is 29.8 Å². The van der Waals surface area contributed by atoms with Gasteiger partial charge in [0, 0.05) is 11.1 Å². The number of hydrogen-bond donors (Lipinski definition) is 1. The minimum absolute atomic E-state index is 0.127. The summed E-state index contributed by atoms with van der Waals surface area (Å²) in [4.78, 5) is 12.1. The van der Waals surface area contributed by atoms with Gasteiger partial charge in [-0.1, -0.05) is 41.9 Å². The highest BCUT2D eigenvalue weighted by Gasteiger charge is 2.14. The minimum atomic E-state index is -0.127. The van der Waals surface area contributed by atoms with Crippen LogP contribution in [0.4, 0.5) is 0 Å². The summed E-state index contributed by atoms with van der Waals surface area (Å²) in [7, 11) is 1.60. The zero-order valence-electron chi connectivity index (χ0n) is 16.8. The van der Waals surface area contributed by atoms with Gasteiger partial charge in [0.15, 0.2) is 11.5 Å². The number of fused-ring (bicyclic) bond motifs is 1. The van der Waals surface area contributed by atoms with Crippen LogP contribution in [0.15, 0.2) is 60.7 Å². The molecule has 0 radical (unpaired) electrons. The van der Waals surface area contributed by atoms with Crippen LogP contribution >= 0.6 is 11.6 Å². The Morgan fingerprint density at radius 2 is 1.87 bits per heavy atom. The summed E-state index contributed by atoms with van der Waals surface area (Å²) in [5.41, 5.74) is 2.14. The van der Waals surface area contributed by atoms with Crippen molar-refractivity contribution < 1.29 is 14.3 Å². The molecule has 8 nitrogen and oxygen atoms in total. The zero-order chi connectivity index (χ0) is 21.6. The van der Waals surface area contributed by atoms with Gasteiger partial charge in [0.05, 0.1) is 25.6 Å². The number of aromatic nitrogens is 4. The first-order chi connectivity index (χ1) is 15.2. The van der Waals surface area contributed by atoms with Gasteiger partial charge in [-0.15, -0.1) is 15.3 Å². The fraction of sp³-hybridized carbons (Fsp3) is 0.182. The lowest BCUT2D eigenvalue weighted by atomic mass is 10.1. The van der Waals surface area contributed by atoms with Crippen molar-refractivity contribution in [3.63, 3.8) is 0 Å². The van der Waals surface area contributed by atoms with Crippen LogP contribution in [0.25, 0.3) is 17.0 Å². The number of rotatable bonds is 8. The van der Waals surface area contributed by atoms with Gasteiger partial charge in [0.1, 0.15) is 12.4 Å². The van der Waals surface area contributed by atoms with Crippen LogP contribution in [0, 0.1) is 0 Å². The molecule has 0 aliphatic rings. The zero-order valence-corrected chi connectivity index (χ0v) is 17.5. The first kappa shape index (κ1) is 20.6. The van der Waals surface area contributed by atoms with E-state index in [9.17, 15) is 4.79 Å². The molecule has 4 aromatic rings. The van der Waals surface area contributed by atoms with E-state index in [4.69, 9.17) is 21.1 Å². The maximum absolute atomic E-state index is 12.1. The molecular weight excluding hydrogens is 418 g/mol. The number of nitrogens with zero attached hydrogens (tertiary/aromatic N) is 4. The maximum atomic E-state index is 12.1. The molecule has 0 spiro atoms. The van der Waals surface area contributed by atoms with Crippen molar-refractivity contribution in [2.75, 3.05) is 20.3 Å². The molecule has 31 heavy (non-hydrogen) atoms. The second kappa shape index (κ2) is 9.44. The SMILES string of the molecule is COc1ccccc1-c1nnc2ccc(OCCNC(=O)Cc3ccccc3Cl)nn12. The van der Waals surface area contributed by atoms with Crippen molar-refractivity contribution in [3.8, 4) is 23.0 Å². The maximum Gasteiger partial charge on any atom is 0.231 e. The number of methoxy groups -OCH3 is 1. The van der Waals surface area contributed by atoms with Gasteiger partial charge >= 0.3 is 0 Å². The number of nitrogens with one attached hydrogen (secondary N) is 1. The molecule has 9 heteroatoms. The van der Waals surface area contributed by atoms with Gasteiger partial charge in [0.25, 0.3) is 0 Å². The number of carbonyl (C=O) groups excluding carboxylic acids is 1. The monoisotopic (exact) mass is 437 g/mol. The molecule has 0 unspecified atom stereocenters. The highest BCUT2D eigenvalue weighted by atomic mass is 35.5. The Bertz CT molecular complexity index is 1210. The van der Waals surface area contributed by atoms with Crippen molar-refractivity contribution in [2.45, 2.75) is 6.42 Å². The first-order valence-corrected chi connectivity index (χ1v) is 10.0. The summed E-state index contributed by atoms with van der Waals surface area (Å²) < 4.78 is 12.7. The Morgan fingerprint density at radius 3 is 2.71 bits per heavy atom. The van der Waals surface area contributed by atoms with E-state index in [2.05, 4.69) is 20.6 Å². The number of benzene rings is 2. The largest absolute Gasteiger partial charge is 0.496 e. The fourth-order valence-corrected chi connectivity index (χ4v) is 3.27. The molecule has 0 saturated carbocycles. The third-order valence-electron chi connectivity index (χ3n) is 4.57. The van der Waals surface area contributed by atoms with Gasteiger partial charge < -0.3 is 14.8 Å². The molecule has 1 amide bonds. The quantitative estimate of drug-likeness (QED) is 0.426. The topological polar surface area (TPSA) is 90.6 Å². The standard InChI is InChI=1S/C22H20ClN5O3/c1-30-18-9-5-3-7-16(18)22-26-25-19-10-11-21(27-28(19)22)31-13-12-24-20(29)14-15-6-2-4-8-17(15)23/h2-11H,12-14H2,1H3,(H,24,29). The normalized spacial score (nSPS) is 10.8. The van der Waals surface area contributed by atoms with Gasteiger partial charge in [-0.25, -0.2) is 0 Å². The van der Waals surface area contributed by atoms with E-state index in [-0.39, 0.29) is 18.9 Å². The van der Waals surface area contributed by atoms with E-state index >= 15 is 0 Å². The minimum Gasteiger partial charge on any atom is -0.496 e. The number of halogens is 1. The fourth-order valence-electron chi connectivity index (χ4n) is 3.07. The second-order valence-electron chi connectivity index (χ2n) is 6.63. The van der Waals surface area contributed by atoms with Crippen molar-refractivity contribution in [3.05, 3.63) is 71.2 Å². The summed E-state index contributed by atoms with van der Waals surface area (Å²) >= 11 is 6.09. The number of para-hydroxylation sites is 1. The summed E-state index contributed by atoms with van der Waals surface area (Å²) in [6.07, 6.45) is 0.215. The van der Waals surface area contributed by atoms with Crippen LogP contribution in [-0.4, -0.2) is 46.0 Å².